The zero-order valence-electron chi connectivity index (χ0n) is 15.8. The monoisotopic (exact) mass is 396 g/mol. The Balaban J connectivity index is 1.83. The summed E-state index contributed by atoms with van der Waals surface area (Å²) in [7, 11) is -3.69. The van der Waals surface area contributed by atoms with Gasteiger partial charge in [0.2, 0.25) is 10.0 Å². The molecule has 0 aromatic heterocycles. The molecule has 0 saturated carbocycles. The summed E-state index contributed by atoms with van der Waals surface area (Å²) in [6.45, 7) is 6.70. The van der Waals surface area contributed by atoms with Gasteiger partial charge in [-0.15, -0.1) is 0 Å². The number of morpholine rings is 1. The minimum atomic E-state index is -3.69. The molecule has 3 rings (SSSR count). The molecular formula is C19H28N2O5S. The number of sulfonamides is 1. The number of carbonyl (C=O) groups is 1. The first kappa shape index (κ1) is 20.4. The van der Waals surface area contributed by atoms with Crippen molar-refractivity contribution in [3.8, 4) is 0 Å². The van der Waals surface area contributed by atoms with Gasteiger partial charge in [0, 0.05) is 51.0 Å². The largest absolute Gasteiger partial charge is 0.381 e. The normalized spacial score (nSPS) is 20.1. The fourth-order valence-corrected chi connectivity index (χ4v) is 5.27. The minimum absolute atomic E-state index is 0.0780. The summed E-state index contributed by atoms with van der Waals surface area (Å²) < 4.78 is 39.2. The molecule has 0 amide bonds. The predicted molar refractivity (Wildman–Crippen MR) is 101 cm³/mol. The standard InChI is InChI=1S/C19H28N2O5S/c1-16(22)17-3-2-4-19(15-17)27(23,24)21(18-5-11-25-12-6-18)8-7-20-9-13-26-14-10-20/h2-4,15,18H,5-14H2,1H3. The highest BCUT2D eigenvalue weighted by atomic mass is 32.2. The van der Waals surface area contributed by atoms with E-state index in [4.69, 9.17) is 9.47 Å². The maximum absolute atomic E-state index is 13.4. The molecule has 0 bridgehead atoms. The molecule has 2 fully saturated rings. The maximum atomic E-state index is 13.4. The molecule has 27 heavy (non-hydrogen) atoms. The van der Waals surface area contributed by atoms with Crippen LogP contribution in [0.1, 0.15) is 30.1 Å². The van der Waals surface area contributed by atoms with Crippen LogP contribution in [0.15, 0.2) is 29.2 Å². The molecule has 1 aromatic carbocycles. The smallest absolute Gasteiger partial charge is 0.243 e. The first-order valence-corrected chi connectivity index (χ1v) is 10.9. The first-order chi connectivity index (χ1) is 13.0. The predicted octanol–water partition coefficient (Wildman–Crippen LogP) is 1.39. The number of nitrogens with zero attached hydrogens (tertiary/aromatic N) is 2. The molecule has 0 unspecified atom stereocenters. The number of rotatable bonds is 7. The molecular weight excluding hydrogens is 368 g/mol. The van der Waals surface area contributed by atoms with Crippen LogP contribution in [0.4, 0.5) is 0 Å². The Morgan fingerprint density at radius 3 is 2.48 bits per heavy atom. The van der Waals surface area contributed by atoms with Crippen LogP contribution in [0.2, 0.25) is 0 Å². The highest BCUT2D eigenvalue weighted by Gasteiger charge is 2.33. The van der Waals surface area contributed by atoms with Crippen molar-refractivity contribution >= 4 is 15.8 Å². The van der Waals surface area contributed by atoms with Crippen LogP contribution in [0.25, 0.3) is 0 Å². The lowest BCUT2D eigenvalue weighted by molar-refractivity contribution is 0.0291. The molecule has 2 saturated heterocycles. The highest BCUT2D eigenvalue weighted by Crippen LogP contribution is 2.24. The number of ether oxygens (including phenoxy) is 2. The van der Waals surface area contributed by atoms with E-state index in [9.17, 15) is 13.2 Å². The number of carbonyl (C=O) groups excluding carboxylic acids is 1. The second-order valence-electron chi connectivity index (χ2n) is 7.00. The van der Waals surface area contributed by atoms with Crippen LogP contribution in [0.5, 0.6) is 0 Å². The fraction of sp³-hybridized carbons (Fsp3) is 0.632. The minimum Gasteiger partial charge on any atom is -0.381 e. The average molecular weight is 397 g/mol. The summed E-state index contributed by atoms with van der Waals surface area (Å²) in [5.41, 5.74) is 0.413. The third-order valence-corrected chi connectivity index (χ3v) is 7.13. The Hall–Kier alpha value is -1.32. The molecule has 2 heterocycles. The van der Waals surface area contributed by atoms with Gasteiger partial charge in [-0.05, 0) is 31.9 Å². The fourth-order valence-electron chi connectivity index (χ4n) is 3.55. The van der Waals surface area contributed by atoms with E-state index >= 15 is 0 Å². The van der Waals surface area contributed by atoms with Crippen LogP contribution < -0.4 is 0 Å². The average Bonchev–Trinajstić information content (AvgIpc) is 2.69. The quantitative estimate of drug-likeness (QED) is 0.649. The van der Waals surface area contributed by atoms with Gasteiger partial charge in [0.1, 0.15) is 0 Å². The zero-order chi connectivity index (χ0) is 19.3. The van der Waals surface area contributed by atoms with Gasteiger partial charge in [-0.3, -0.25) is 9.69 Å². The summed E-state index contributed by atoms with van der Waals surface area (Å²) in [6.07, 6.45) is 1.38. The third-order valence-electron chi connectivity index (χ3n) is 5.19. The van der Waals surface area contributed by atoms with E-state index in [1.165, 1.54) is 13.0 Å². The molecule has 8 heteroatoms. The van der Waals surface area contributed by atoms with E-state index in [-0.39, 0.29) is 16.7 Å². The van der Waals surface area contributed by atoms with Crippen LogP contribution in [-0.4, -0.2) is 82.1 Å². The Morgan fingerprint density at radius 1 is 1.15 bits per heavy atom. The van der Waals surface area contributed by atoms with Crippen molar-refractivity contribution in [1.29, 1.82) is 0 Å². The van der Waals surface area contributed by atoms with Crippen molar-refractivity contribution in [2.45, 2.75) is 30.7 Å². The molecule has 7 nitrogen and oxygen atoms in total. The summed E-state index contributed by atoms with van der Waals surface area (Å²) in [6, 6.07) is 6.26. The Kier molecular flexibility index (Phi) is 6.99. The van der Waals surface area contributed by atoms with E-state index in [1.807, 2.05) is 0 Å². The number of benzene rings is 1. The molecule has 0 spiro atoms. The van der Waals surface area contributed by atoms with E-state index in [0.29, 0.717) is 57.9 Å². The summed E-state index contributed by atoms with van der Waals surface area (Å²) in [4.78, 5) is 14.1. The Labute approximate surface area is 161 Å². The maximum Gasteiger partial charge on any atom is 0.243 e. The van der Waals surface area contributed by atoms with E-state index in [1.54, 1.807) is 22.5 Å². The van der Waals surface area contributed by atoms with Gasteiger partial charge in [0.25, 0.3) is 0 Å². The van der Waals surface area contributed by atoms with Crippen LogP contribution in [-0.2, 0) is 19.5 Å². The molecule has 150 valence electrons. The van der Waals surface area contributed by atoms with Crippen molar-refractivity contribution in [2.24, 2.45) is 0 Å². The van der Waals surface area contributed by atoms with E-state index < -0.39 is 10.0 Å². The summed E-state index contributed by atoms with van der Waals surface area (Å²) in [5.74, 6) is -0.141. The van der Waals surface area contributed by atoms with Crippen LogP contribution >= 0.6 is 0 Å². The second kappa shape index (κ2) is 9.25. The number of Topliss-reactive ketones (excluding diaryl/α,β-unsaturated/α-hetero) is 1. The van der Waals surface area contributed by atoms with Crippen molar-refractivity contribution < 1.29 is 22.7 Å². The number of ketones is 1. The van der Waals surface area contributed by atoms with Gasteiger partial charge >= 0.3 is 0 Å². The van der Waals surface area contributed by atoms with Gasteiger partial charge in [-0.2, -0.15) is 4.31 Å². The lowest BCUT2D eigenvalue weighted by Crippen LogP contribution is -2.48. The van der Waals surface area contributed by atoms with Crippen molar-refractivity contribution in [3.05, 3.63) is 29.8 Å². The van der Waals surface area contributed by atoms with Crippen LogP contribution in [0.3, 0.4) is 0 Å². The second-order valence-corrected chi connectivity index (χ2v) is 8.89. The van der Waals surface area contributed by atoms with E-state index in [2.05, 4.69) is 4.90 Å². The third kappa shape index (κ3) is 5.14. The Bertz CT molecular complexity index is 740. The topological polar surface area (TPSA) is 76.2 Å². The molecule has 2 aliphatic rings. The van der Waals surface area contributed by atoms with Gasteiger partial charge in [0.15, 0.2) is 5.78 Å². The molecule has 0 N–H and O–H groups in total. The molecule has 0 radical (unpaired) electrons. The van der Waals surface area contributed by atoms with Crippen molar-refractivity contribution in [3.63, 3.8) is 0 Å². The number of hydrogen-bond donors (Lipinski definition) is 0. The molecule has 0 atom stereocenters. The molecule has 1 aromatic rings. The van der Waals surface area contributed by atoms with Gasteiger partial charge < -0.3 is 9.47 Å². The number of hydrogen-bond acceptors (Lipinski definition) is 6. The van der Waals surface area contributed by atoms with Gasteiger partial charge in [0.05, 0.1) is 18.1 Å². The van der Waals surface area contributed by atoms with Gasteiger partial charge in [-0.1, -0.05) is 12.1 Å². The van der Waals surface area contributed by atoms with E-state index in [0.717, 1.165) is 13.1 Å². The lowest BCUT2D eigenvalue weighted by atomic mass is 10.1. The molecule has 0 aliphatic carbocycles. The van der Waals surface area contributed by atoms with Crippen LogP contribution in [0, 0.1) is 0 Å². The zero-order valence-corrected chi connectivity index (χ0v) is 16.6. The highest BCUT2D eigenvalue weighted by molar-refractivity contribution is 7.89. The van der Waals surface area contributed by atoms with Gasteiger partial charge in [-0.25, -0.2) is 8.42 Å². The summed E-state index contributed by atoms with van der Waals surface area (Å²) in [5, 5.41) is 0. The Morgan fingerprint density at radius 2 is 1.81 bits per heavy atom. The molecule has 2 aliphatic heterocycles. The SMILES string of the molecule is CC(=O)c1cccc(S(=O)(=O)N(CCN2CCOCC2)C2CCOCC2)c1. The summed E-state index contributed by atoms with van der Waals surface area (Å²) >= 11 is 0. The first-order valence-electron chi connectivity index (χ1n) is 9.49. The lowest BCUT2D eigenvalue weighted by Gasteiger charge is -2.35. The van der Waals surface area contributed by atoms with Crippen molar-refractivity contribution in [2.75, 3.05) is 52.6 Å². The van der Waals surface area contributed by atoms with Crippen molar-refractivity contribution in [1.82, 2.24) is 9.21 Å².